The van der Waals surface area contributed by atoms with E-state index in [4.69, 9.17) is 9.47 Å². The Kier molecular flexibility index (Phi) is 4.34. The molecule has 0 N–H and O–H groups in total. The molecule has 0 amide bonds. The molecule has 0 saturated heterocycles. The van der Waals surface area contributed by atoms with E-state index in [2.05, 4.69) is 10.1 Å². The highest BCUT2D eigenvalue weighted by Crippen LogP contribution is 2.22. The van der Waals surface area contributed by atoms with Gasteiger partial charge in [0, 0.05) is 12.7 Å². The molecule has 2 heterocycles. The van der Waals surface area contributed by atoms with Gasteiger partial charge in [0.05, 0.1) is 19.2 Å². The number of benzene rings is 1. The van der Waals surface area contributed by atoms with Crippen molar-refractivity contribution in [1.29, 1.82) is 0 Å². The number of rotatable bonds is 6. The molecule has 3 rings (SSSR count). The molecule has 6 nitrogen and oxygen atoms in total. The Hall–Kier alpha value is -2.73. The predicted molar refractivity (Wildman–Crippen MR) is 85.6 cm³/mol. The monoisotopic (exact) mass is 311 g/mol. The summed E-state index contributed by atoms with van der Waals surface area (Å²) in [5.41, 5.74) is 2.61. The Labute approximate surface area is 133 Å². The molecule has 1 aromatic carbocycles. The lowest BCUT2D eigenvalue weighted by Crippen LogP contribution is -2.10. The van der Waals surface area contributed by atoms with Gasteiger partial charge in [-0.15, -0.1) is 0 Å². The quantitative estimate of drug-likeness (QED) is 0.698. The number of hydrogen-bond acceptors (Lipinski definition) is 5. The summed E-state index contributed by atoms with van der Waals surface area (Å²) in [5, 5.41) is 4.45. The molecule has 0 saturated carbocycles. The second-order valence-electron chi connectivity index (χ2n) is 5.09. The largest absolute Gasteiger partial charge is 0.497 e. The highest BCUT2D eigenvalue weighted by atomic mass is 16.5. The van der Waals surface area contributed by atoms with E-state index in [-0.39, 0.29) is 18.8 Å². The van der Waals surface area contributed by atoms with E-state index < -0.39 is 0 Å². The number of hydrogen-bond donors (Lipinski definition) is 0. The Morgan fingerprint density at radius 1 is 1.13 bits per heavy atom. The lowest BCUT2D eigenvalue weighted by atomic mass is 10.1. The highest BCUT2D eigenvalue weighted by Gasteiger charge is 2.12. The van der Waals surface area contributed by atoms with E-state index in [0.717, 1.165) is 17.0 Å². The van der Waals surface area contributed by atoms with Gasteiger partial charge in [0.1, 0.15) is 12.4 Å². The van der Waals surface area contributed by atoms with Crippen molar-refractivity contribution in [3.05, 3.63) is 48.3 Å². The maximum Gasteiger partial charge on any atom is 0.166 e. The first-order chi connectivity index (χ1) is 11.2. The number of ketones is 1. The number of methoxy groups -OCH3 is 2. The summed E-state index contributed by atoms with van der Waals surface area (Å²) in [4.78, 5) is 16.1. The molecular formula is C17H17N3O3. The van der Waals surface area contributed by atoms with Crippen LogP contribution in [0.4, 0.5) is 0 Å². The van der Waals surface area contributed by atoms with Gasteiger partial charge in [0.2, 0.25) is 0 Å². The van der Waals surface area contributed by atoms with Crippen LogP contribution in [0, 0.1) is 0 Å². The number of aromatic nitrogens is 3. The van der Waals surface area contributed by atoms with Crippen LogP contribution in [0.2, 0.25) is 0 Å². The molecule has 118 valence electrons. The summed E-state index contributed by atoms with van der Waals surface area (Å²) in [6, 6.07) is 13.5. The third kappa shape index (κ3) is 3.22. The summed E-state index contributed by atoms with van der Waals surface area (Å²) >= 11 is 0. The first-order valence-corrected chi connectivity index (χ1v) is 7.21. The molecule has 6 heteroatoms. The van der Waals surface area contributed by atoms with E-state index >= 15 is 0 Å². The number of fused-ring (bicyclic) bond motifs is 1. The van der Waals surface area contributed by atoms with Crippen LogP contribution in [0.15, 0.2) is 42.5 Å². The normalized spacial score (nSPS) is 10.9. The zero-order chi connectivity index (χ0) is 16.2. The van der Waals surface area contributed by atoms with Gasteiger partial charge in [-0.2, -0.15) is 5.10 Å². The number of Topliss-reactive ketones (excluding diaryl/α,β-unsaturated/α-hetero) is 1. The van der Waals surface area contributed by atoms with Crippen LogP contribution < -0.4 is 4.74 Å². The maximum absolute atomic E-state index is 11.7. The molecule has 0 fully saturated rings. The minimum absolute atomic E-state index is 0.0468. The van der Waals surface area contributed by atoms with E-state index in [1.807, 2.05) is 42.5 Å². The van der Waals surface area contributed by atoms with Crippen LogP contribution in [0.1, 0.15) is 5.82 Å². The SMILES string of the molecule is COCC(=O)Cc1nc2cccc(-c3ccc(OC)cc3)n2n1. The Balaban J connectivity index is 1.97. The third-order valence-corrected chi connectivity index (χ3v) is 3.45. The standard InChI is InChI=1S/C17H17N3O3/c1-22-11-13(21)10-16-18-17-5-3-4-15(20(17)19-16)12-6-8-14(23-2)9-7-12/h3-9H,10-11H2,1-2H3. The van der Waals surface area contributed by atoms with Gasteiger partial charge in [-0.25, -0.2) is 9.50 Å². The van der Waals surface area contributed by atoms with Crippen LogP contribution in [-0.2, 0) is 16.0 Å². The molecule has 0 atom stereocenters. The molecular weight excluding hydrogens is 294 g/mol. The van der Waals surface area contributed by atoms with Gasteiger partial charge in [-0.1, -0.05) is 6.07 Å². The molecule has 0 aliphatic heterocycles. The smallest absolute Gasteiger partial charge is 0.166 e. The van der Waals surface area contributed by atoms with Crippen molar-refractivity contribution in [3.8, 4) is 17.0 Å². The van der Waals surface area contributed by atoms with Crippen molar-refractivity contribution >= 4 is 11.4 Å². The molecule has 23 heavy (non-hydrogen) atoms. The minimum Gasteiger partial charge on any atom is -0.497 e. The zero-order valence-electron chi connectivity index (χ0n) is 13.0. The molecule has 2 aromatic heterocycles. The number of carbonyl (C=O) groups is 1. The molecule has 0 aliphatic rings. The van der Waals surface area contributed by atoms with Crippen molar-refractivity contribution in [3.63, 3.8) is 0 Å². The Morgan fingerprint density at radius 3 is 2.61 bits per heavy atom. The second kappa shape index (κ2) is 6.58. The predicted octanol–water partition coefficient (Wildman–Crippen LogP) is 2.16. The number of pyridine rings is 1. The molecule has 3 aromatic rings. The first-order valence-electron chi connectivity index (χ1n) is 7.21. The zero-order valence-corrected chi connectivity index (χ0v) is 13.0. The van der Waals surface area contributed by atoms with Crippen molar-refractivity contribution in [1.82, 2.24) is 14.6 Å². The summed E-state index contributed by atoms with van der Waals surface area (Å²) < 4.78 is 11.8. The van der Waals surface area contributed by atoms with Gasteiger partial charge >= 0.3 is 0 Å². The van der Waals surface area contributed by atoms with Gasteiger partial charge < -0.3 is 9.47 Å². The topological polar surface area (TPSA) is 65.7 Å². The van der Waals surface area contributed by atoms with Crippen molar-refractivity contribution in [2.75, 3.05) is 20.8 Å². The summed E-state index contributed by atoms with van der Waals surface area (Å²) in [6.07, 6.45) is 0.164. The summed E-state index contributed by atoms with van der Waals surface area (Å²) in [6.45, 7) is 0.0703. The van der Waals surface area contributed by atoms with E-state index in [9.17, 15) is 4.79 Å². The van der Waals surface area contributed by atoms with Gasteiger partial charge in [-0.3, -0.25) is 4.79 Å². The van der Waals surface area contributed by atoms with Crippen LogP contribution in [0.3, 0.4) is 0 Å². The maximum atomic E-state index is 11.7. The fourth-order valence-corrected chi connectivity index (χ4v) is 2.39. The van der Waals surface area contributed by atoms with Gasteiger partial charge in [-0.05, 0) is 36.4 Å². The van der Waals surface area contributed by atoms with Crippen LogP contribution in [0.5, 0.6) is 5.75 Å². The van der Waals surface area contributed by atoms with Crippen LogP contribution in [0.25, 0.3) is 16.9 Å². The van der Waals surface area contributed by atoms with Crippen molar-refractivity contribution in [2.24, 2.45) is 0 Å². The summed E-state index contributed by atoms with van der Waals surface area (Å²) in [7, 11) is 3.13. The van der Waals surface area contributed by atoms with E-state index in [1.54, 1.807) is 11.6 Å². The van der Waals surface area contributed by atoms with E-state index in [1.165, 1.54) is 7.11 Å². The molecule has 0 radical (unpaired) electrons. The minimum atomic E-state index is -0.0468. The molecule has 0 unspecified atom stereocenters. The lowest BCUT2D eigenvalue weighted by Gasteiger charge is -2.05. The Morgan fingerprint density at radius 2 is 1.91 bits per heavy atom. The number of carbonyl (C=O) groups excluding carboxylic acids is 1. The second-order valence-corrected chi connectivity index (χ2v) is 5.09. The Bertz CT molecular complexity index is 825. The van der Waals surface area contributed by atoms with Gasteiger partial charge in [0.15, 0.2) is 17.3 Å². The fourth-order valence-electron chi connectivity index (χ4n) is 2.39. The van der Waals surface area contributed by atoms with Crippen LogP contribution in [-0.4, -0.2) is 41.2 Å². The lowest BCUT2D eigenvalue weighted by molar-refractivity contribution is -0.122. The molecule has 0 spiro atoms. The number of nitrogens with zero attached hydrogens (tertiary/aromatic N) is 3. The van der Waals surface area contributed by atoms with Crippen molar-refractivity contribution < 1.29 is 14.3 Å². The highest BCUT2D eigenvalue weighted by molar-refractivity contribution is 5.81. The van der Waals surface area contributed by atoms with Crippen molar-refractivity contribution in [2.45, 2.75) is 6.42 Å². The van der Waals surface area contributed by atoms with Crippen LogP contribution >= 0.6 is 0 Å². The fraction of sp³-hybridized carbons (Fsp3) is 0.235. The van der Waals surface area contributed by atoms with E-state index in [0.29, 0.717) is 11.5 Å². The summed E-state index contributed by atoms with van der Waals surface area (Å²) in [5.74, 6) is 1.24. The average Bonchev–Trinajstić information content (AvgIpc) is 2.97. The molecule has 0 aliphatic carbocycles. The number of ether oxygens (including phenoxy) is 2. The third-order valence-electron chi connectivity index (χ3n) is 3.45. The first kappa shape index (κ1) is 15.2. The van der Waals surface area contributed by atoms with Gasteiger partial charge in [0.25, 0.3) is 0 Å². The average molecular weight is 311 g/mol. The molecule has 0 bridgehead atoms.